The summed E-state index contributed by atoms with van der Waals surface area (Å²) in [7, 11) is 0. The molecule has 21 heavy (non-hydrogen) atoms. The number of fused-ring (bicyclic) bond motifs is 1. The maximum absolute atomic E-state index is 11.7. The van der Waals surface area contributed by atoms with Gasteiger partial charge in [-0.15, -0.1) is 0 Å². The molecule has 0 aliphatic carbocycles. The van der Waals surface area contributed by atoms with Crippen LogP contribution in [0.4, 0.5) is 0 Å². The Morgan fingerprint density at radius 2 is 2.24 bits per heavy atom. The van der Waals surface area contributed by atoms with E-state index in [1.54, 1.807) is 6.07 Å². The lowest BCUT2D eigenvalue weighted by Gasteiger charge is -2.36. The van der Waals surface area contributed by atoms with Crippen molar-refractivity contribution in [2.45, 2.75) is 31.9 Å². The van der Waals surface area contributed by atoms with Crippen molar-refractivity contribution in [3.63, 3.8) is 0 Å². The van der Waals surface area contributed by atoms with Crippen LogP contribution < -0.4 is 5.63 Å². The van der Waals surface area contributed by atoms with Gasteiger partial charge in [0.05, 0.1) is 5.60 Å². The highest BCUT2D eigenvalue weighted by molar-refractivity contribution is 9.10. The van der Waals surface area contributed by atoms with Gasteiger partial charge in [0.15, 0.2) is 0 Å². The topological polar surface area (TPSA) is 53.7 Å². The molecule has 2 aromatic rings. The number of aliphatic hydroxyl groups is 1. The van der Waals surface area contributed by atoms with Gasteiger partial charge in [-0.25, -0.2) is 4.79 Å². The summed E-state index contributed by atoms with van der Waals surface area (Å²) in [5.41, 5.74) is 0.567. The number of piperidine rings is 1. The maximum Gasteiger partial charge on any atom is 0.336 e. The van der Waals surface area contributed by atoms with Crippen molar-refractivity contribution in [3.8, 4) is 0 Å². The number of β-amino-alcohol motifs (C(OH)–C–C–N with tert-alkyl or cyclic N) is 1. The highest BCUT2D eigenvalue weighted by Gasteiger charge is 2.28. The van der Waals surface area contributed by atoms with Crippen molar-refractivity contribution in [3.05, 3.63) is 44.7 Å². The molecule has 0 spiro atoms. The van der Waals surface area contributed by atoms with Crippen molar-refractivity contribution in [2.75, 3.05) is 13.1 Å². The number of benzene rings is 1. The molecule has 0 amide bonds. The van der Waals surface area contributed by atoms with Gasteiger partial charge in [0.25, 0.3) is 0 Å². The molecule has 4 nitrogen and oxygen atoms in total. The largest absolute Gasteiger partial charge is 0.423 e. The Balaban J connectivity index is 1.95. The number of hydrogen-bond acceptors (Lipinski definition) is 4. The Morgan fingerprint density at radius 3 is 3.00 bits per heavy atom. The third-order valence-corrected chi connectivity index (χ3v) is 4.43. The second-order valence-electron chi connectivity index (χ2n) is 6.04. The first-order valence-electron chi connectivity index (χ1n) is 7.10. The van der Waals surface area contributed by atoms with Crippen LogP contribution >= 0.6 is 15.9 Å². The Morgan fingerprint density at radius 1 is 1.43 bits per heavy atom. The lowest BCUT2D eigenvalue weighted by atomic mass is 9.94. The molecular formula is C16H18BrNO3. The Kier molecular flexibility index (Phi) is 3.90. The van der Waals surface area contributed by atoms with Crippen molar-refractivity contribution in [1.82, 2.24) is 4.90 Å². The van der Waals surface area contributed by atoms with Gasteiger partial charge in [-0.3, -0.25) is 4.90 Å². The van der Waals surface area contributed by atoms with E-state index in [0.29, 0.717) is 18.7 Å². The van der Waals surface area contributed by atoms with Gasteiger partial charge in [-0.2, -0.15) is 0 Å². The third-order valence-electron chi connectivity index (χ3n) is 3.94. The SMILES string of the molecule is CC1(O)CCCN(Cc2cc(=O)oc3cc(Br)ccc23)C1. The van der Waals surface area contributed by atoms with Crippen LogP contribution in [-0.4, -0.2) is 28.7 Å². The second kappa shape index (κ2) is 5.55. The van der Waals surface area contributed by atoms with Crippen LogP contribution in [0.15, 0.2) is 37.9 Å². The lowest BCUT2D eigenvalue weighted by Crippen LogP contribution is -2.45. The molecule has 1 saturated heterocycles. The van der Waals surface area contributed by atoms with Crippen molar-refractivity contribution < 1.29 is 9.52 Å². The van der Waals surface area contributed by atoms with E-state index in [1.165, 1.54) is 0 Å². The van der Waals surface area contributed by atoms with Crippen molar-refractivity contribution in [2.24, 2.45) is 0 Å². The molecule has 3 rings (SSSR count). The third kappa shape index (κ3) is 3.36. The van der Waals surface area contributed by atoms with Crippen molar-refractivity contribution in [1.29, 1.82) is 0 Å². The first kappa shape index (κ1) is 14.8. The maximum atomic E-state index is 11.7. The smallest absolute Gasteiger partial charge is 0.336 e. The van der Waals surface area contributed by atoms with Crippen LogP contribution in [-0.2, 0) is 6.54 Å². The molecule has 0 bridgehead atoms. The summed E-state index contributed by atoms with van der Waals surface area (Å²) in [5, 5.41) is 11.1. The molecule has 0 radical (unpaired) electrons. The number of likely N-dealkylation sites (tertiary alicyclic amines) is 1. The zero-order valence-corrected chi connectivity index (χ0v) is 13.5. The van der Waals surface area contributed by atoms with Crippen LogP contribution in [0.1, 0.15) is 25.3 Å². The normalized spacial score (nSPS) is 23.6. The molecule has 1 atom stereocenters. The van der Waals surface area contributed by atoms with Gasteiger partial charge >= 0.3 is 5.63 Å². The van der Waals surface area contributed by atoms with Crippen LogP contribution in [0, 0.1) is 0 Å². The molecule has 1 aromatic carbocycles. The highest BCUT2D eigenvalue weighted by atomic mass is 79.9. The Labute approximate surface area is 131 Å². The predicted molar refractivity (Wildman–Crippen MR) is 85.3 cm³/mol. The highest BCUT2D eigenvalue weighted by Crippen LogP contribution is 2.25. The molecule has 0 saturated carbocycles. The minimum Gasteiger partial charge on any atom is -0.423 e. The number of nitrogens with zero attached hydrogens (tertiary/aromatic N) is 1. The van der Waals surface area contributed by atoms with E-state index >= 15 is 0 Å². The summed E-state index contributed by atoms with van der Waals surface area (Å²) in [6, 6.07) is 7.27. The lowest BCUT2D eigenvalue weighted by molar-refractivity contribution is -0.0180. The molecule has 1 fully saturated rings. The van der Waals surface area contributed by atoms with E-state index < -0.39 is 5.60 Å². The van der Waals surface area contributed by atoms with E-state index in [2.05, 4.69) is 20.8 Å². The minimum atomic E-state index is -0.642. The summed E-state index contributed by atoms with van der Waals surface area (Å²) in [6.07, 6.45) is 1.80. The summed E-state index contributed by atoms with van der Waals surface area (Å²) in [6.45, 7) is 4.09. The van der Waals surface area contributed by atoms with Gasteiger partial charge < -0.3 is 9.52 Å². The monoisotopic (exact) mass is 351 g/mol. The standard InChI is InChI=1S/C16H18BrNO3/c1-16(20)5-2-6-18(10-16)9-11-7-15(19)21-14-8-12(17)3-4-13(11)14/h3-4,7-8,20H,2,5-6,9-10H2,1H3. The number of rotatable bonds is 2. The average Bonchev–Trinajstić information content (AvgIpc) is 2.36. The molecule has 5 heteroatoms. The van der Waals surface area contributed by atoms with Crippen molar-refractivity contribution >= 4 is 26.9 Å². The summed E-state index contributed by atoms with van der Waals surface area (Å²) >= 11 is 3.39. The molecule has 1 aliphatic rings. The zero-order valence-electron chi connectivity index (χ0n) is 11.9. The van der Waals surface area contributed by atoms with E-state index in [4.69, 9.17) is 4.42 Å². The van der Waals surface area contributed by atoms with Crippen LogP contribution in [0.2, 0.25) is 0 Å². The Hall–Kier alpha value is -1.17. The zero-order chi connectivity index (χ0) is 15.0. The fourth-order valence-corrected chi connectivity index (χ4v) is 3.37. The number of hydrogen-bond donors (Lipinski definition) is 1. The average molecular weight is 352 g/mol. The van der Waals surface area contributed by atoms with Crippen LogP contribution in [0.25, 0.3) is 11.0 Å². The van der Waals surface area contributed by atoms with Gasteiger partial charge in [0.2, 0.25) is 0 Å². The molecule has 1 unspecified atom stereocenters. The molecule has 1 N–H and O–H groups in total. The van der Waals surface area contributed by atoms with Gasteiger partial charge in [0.1, 0.15) is 5.58 Å². The molecule has 2 heterocycles. The van der Waals surface area contributed by atoms with E-state index in [0.717, 1.165) is 34.8 Å². The fraction of sp³-hybridized carbons (Fsp3) is 0.438. The molecule has 1 aliphatic heterocycles. The minimum absolute atomic E-state index is 0.334. The van der Waals surface area contributed by atoms with Crippen LogP contribution in [0.5, 0.6) is 0 Å². The predicted octanol–water partition coefficient (Wildman–Crippen LogP) is 2.90. The quantitative estimate of drug-likeness (QED) is 0.845. The molecule has 112 valence electrons. The summed E-state index contributed by atoms with van der Waals surface area (Å²) in [5.74, 6) is 0. The molecule has 1 aromatic heterocycles. The van der Waals surface area contributed by atoms with Gasteiger partial charge in [-0.1, -0.05) is 15.9 Å². The first-order valence-corrected chi connectivity index (χ1v) is 7.89. The van der Waals surface area contributed by atoms with E-state index in [1.807, 2.05) is 25.1 Å². The Bertz CT molecular complexity index is 723. The molecular weight excluding hydrogens is 334 g/mol. The van der Waals surface area contributed by atoms with E-state index in [-0.39, 0.29) is 5.63 Å². The number of halogens is 1. The first-order chi connectivity index (χ1) is 9.93. The fourth-order valence-electron chi connectivity index (χ4n) is 3.03. The van der Waals surface area contributed by atoms with E-state index in [9.17, 15) is 9.90 Å². The summed E-state index contributed by atoms with van der Waals surface area (Å²) in [4.78, 5) is 13.9. The second-order valence-corrected chi connectivity index (χ2v) is 6.96. The van der Waals surface area contributed by atoms with Crippen LogP contribution in [0.3, 0.4) is 0 Å². The summed E-state index contributed by atoms with van der Waals surface area (Å²) < 4.78 is 6.15. The van der Waals surface area contributed by atoms with Gasteiger partial charge in [-0.05, 0) is 50.1 Å². The van der Waals surface area contributed by atoms with Gasteiger partial charge in [0, 0.05) is 29.0 Å².